The van der Waals surface area contributed by atoms with Crippen LogP contribution in [0.1, 0.15) is 23.6 Å². The van der Waals surface area contributed by atoms with Crippen LogP contribution in [0.2, 0.25) is 5.02 Å². The van der Waals surface area contributed by atoms with Gasteiger partial charge in [0.2, 0.25) is 0 Å². The van der Waals surface area contributed by atoms with Gasteiger partial charge >= 0.3 is 0 Å². The fourth-order valence-electron chi connectivity index (χ4n) is 3.87. The van der Waals surface area contributed by atoms with Crippen molar-refractivity contribution in [1.29, 1.82) is 0 Å². The van der Waals surface area contributed by atoms with E-state index < -0.39 is 0 Å². The van der Waals surface area contributed by atoms with Crippen molar-refractivity contribution in [3.8, 4) is 11.1 Å². The summed E-state index contributed by atoms with van der Waals surface area (Å²) < 4.78 is 0. The van der Waals surface area contributed by atoms with Crippen molar-refractivity contribution in [2.75, 3.05) is 26.2 Å². The zero-order chi connectivity index (χ0) is 18.5. The summed E-state index contributed by atoms with van der Waals surface area (Å²) in [6.07, 6.45) is 1.17. The fourth-order valence-corrected chi connectivity index (χ4v) is 4.00. The van der Waals surface area contributed by atoms with Crippen molar-refractivity contribution < 1.29 is 0 Å². The molecule has 4 rings (SSSR count). The molecule has 1 fully saturated rings. The zero-order valence-electron chi connectivity index (χ0n) is 15.4. The molecule has 3 aromatic rings. The van der Waals surface area contributed by atoms with Gasteiger partial charge in [0.05, 0.1) is 6.04 Å². The number of benzene rings is 3. The van der Waals surface area contributed by atoms with E-state index in [-0.39, 0.29) is 6.04 Å². The van der Waals surface area contributed by atoms with Gasteiger partial charge in [-0.3, -0.25) is 4.90 Å². The average molecular weight is 377 g/mol. The van der Waals surface area contributed by atoms with Crippen LogP contribution in [0.5, 0.6) is 0 Å². The number of nitrogens with zero attached hydrogens (tertiary/aromatic N) is 1. The molecule has 1 aliphatic heterocycles. The van der Waals surface area contributed by atoms with Crippen LogP contribution < -0.4 is 5.32 Å². The molecule has 1 atom stereocenters. The lowest BCUT2D eigenvalue weighted by molar-refractivity contribution is 0.241. The van der Waals surface area contributed by atoms with Gasteiger partial charge < -0.3 is 5.32 Å². The molecular weight excluding hydrogens is 352 g/mol. The first kappa shape index (κ1) is 18.2. The van der Waals surface area contributed by atoms with E-state index in [9.17, 15) is 0 Å². The van der Waals surface area contributed by atoms with E-state index in [1.165, 1.54) is 28.7 Å². The molecule has 0 spiro atoms. The van der Waals surface area contributed by atoms with Gasteiger partial charge in [0, 0.05) is 24.7 Å². The van der Waals surface area contributed by atoms with Crippen molar-refractivity contribution in [1.82, 2.24) is 10.2 Å². The molecule has 3 heteroatoms. The minimum Gasteiger partial charge on any atom is -0.315 e. The summed E-state index contributed by atoms with van der Waals surface area (Å²) in [5.74, 6) is 0. The van der Waals surface area contributed by atoms with Gasteiger partial charge in [0.25, 0.3) is 0 Å². The summed E-state index contributed by atoms with van der Waals surface area (Å²) in [7, 11) is 0. The molecule has 0 aliphatic carbocycles. The summed E-state index contributed by atoms with van der Waals surface area (Å²) in [5.41, 5.74) is 5.14. The van der Waals surface area contributed by atoms with Crippen LogP contribution in [0, 0.1) is 0 Å². The highest BCUT2D eigenvalue weighted by molar-refractivity contribution is 6.30. The first-order valence-electron chi connectivity index (χ1n) is 9.67. The van der Waals surface area contributed by atoms with Crippen LogP contribution in [0.15, 0.2) is 78.9 Å². The van der Waals surface area contributed by atoms with Crippen molar-refractivity contribution >= 4 is 11.6 Å². The summed E-state index contributed by atoms with van der Waals surface area (Å²) >= 11 is 6.14. The van der Waals surface area contributed by atoms with E-state index >= 15 is 0 Å². The largest absolute Gasteiger partial charge is 0.315 e. The van der Waals surface area contributed by atoms with Crippen LogP contribution in [0.25, 0.3) is 11.1 Å². The number of rotatable bonds is 4. The molecule has 0 bridgehead atoms. The third kappa shape index (κ3) is 4.41. The number of hydrogen-bond acceptors (Lipinski definition) is 2. The maximum Gasteiger partial charge on any atom is 0.0602 e. The van der Waals surface area contributed by atoms with Crippen LogP contribution in [-0.2, 0) is 0 Å². The maximum absolute atomic E-state index is 6.14. The van der Waals surface area contributed by atoms with Gasteiger partial charge in [0.15, 0.2) is 0 Å². The summed E-state index contributed by atoms with van der Waals surface area (Å²) in [5, 5.41) is 4.30. The molecule has 27 heavy (non-hydrogen) atoms. The Morgan fingerprint density at radius 1 is 0.704 bits per heavy atom. The molecule has 1 unspecified atom stereocenters. The fraction of sp³-hybridized carbons (Fsp3) is 0.250. The molecule has 0 amide bonds. The second kappa shape index (κ2) is 8.71. The number of nitrogens with one attached hydrogen (secondary N) is 1. The predicted octanol–water partition coefficient (Wildman–Crippen LogP) is 5.39. The molecule has 1 saturated heterocycles. The van der Waals surface area contributed by atoms with Crippen molar-refractivity contribution in [2.24, 2.45) is 0 Å². The Hall–Kier alpha value is -2.13. The molecule has 1 aliphatic rings. The molecule has 1 N–H and O–H groups in total. The monoisotopic (exact) mass is 376 g/mol. The average Bonchev–Trinajstić information content (AvgIpc) is 3.00. The first-order valence-corrected chi connectivity index (χ1v) is 10.0. The topological polar surface area (TPSA) is 15.3 Å². The Bertz CT molecular complexity index is 836. The first-order chi connectivity index (χ1) is 13.3. The lowest BCUT2D eigenvalue weighted by Gasteiger charge is -2.31. The van der Waals surface area contributed by atoms with E-state index in [1.54, 1.807) is 0 Å². The van der Waals surface area contributed by atoms with Crippen molar-refractivity contribution in [3.05, 3.63) is 95.0 Å². The van der Waals surface area contributed by atoms with Crippen LogP contribution in [0.3, 0.4) is 0 Å². The van der Waals surface area contributed by atoms with Crippen molar-refractivity contribution in [2.45, 2.75) is 12.5 Å². The van der Waals surface area contributed by atoms with Gasteiger partial charge in [-0.15, -0.1) is 0 Å². The van der Waals surface area contributed by atoms with Gasteiger partial charge in [-0.1, -0.05) is 78.3 Å². The van der Waals surface area contributed by atoms with E-state index in [2.05, 4.69) is 76.9 Å². The molecular formula is C24H25ClN2. The lowest BCUT2D eigenvalue weighted by Crippen LogP contribution is -2.33. The quantitative estimate of drug-likeness (QED) is 0.656. The highest BCUT2D eigenvalue weighted by Gasteiger charge is 2.23. The standard InChI is InChI=1S/C24H25ClN2/c25-23-13-11-22(12-14-23)24(27-17-4-15-26-16-18-27)21-9-7-20(8-10-21)19-5-2-1-3-6-19/h1-3,5-14,24,26H,4,15-18H2. The zero-order valence-corrected chi connectivity index (χ0v) is 16.2. The minimum absolute atomic E-state index is 0.256. The third-order valence-electron chi connectivity index (χ3n) is 5.26. The van der Waals surface area contributed by atoms with E-state index in [0.29, 0.717) is 0 Å². The van der Waals surface area contributed by atoms with Gasteiger partial charge in [-0.2, -0.15) is 0 Å². The molecule has 0 radical (unpaired) electrons. The van der Waals surface area contributed by atoms with Gasteiger partial charge in [0.1, 0.15) is 0 Å². The molecule has 2 nitrogen and oxygen atoms in total. The van der Waals surface area contributed by atoms with Crippen molar-refractivity contribution in [3.63, 3.8) is 0 Å². The Labute approximate surface area is 166 Å². The Morgan fingerprint density at radius 2 is 1.33 bits per heavy atom. The van der Waals surface area contributed by atoms with E-state index in [0.717, 1.165) is 31.2 Å². The molecule has 0 aromatic heterocycles. The number of hydrogen-bond donors (Lipinski definition) is 1. The molecule has 1 heterocycles. The smallest absolute Gasteiger partial charge is 0.0602 e. The van der Waals surface area contributed by atoms with Gasteiger partial charge in [-0.05, 0) is 47.4 Å². The Morgan fingerprint density at radius 3 is 2.04 bits per heavy atom. The third-order valence-corrected chi connectivity index (χ3v) is 5.51. The second-order valence-electron chi connectivity index (χ2n) is 7.08. The molecule has 0 saturated carbocycles. The van der Waals surface area contributed by atoms with Crippen LogP contribution >= 0.6 is 11.6 Å². The normalized spacial score (nSPS) is 16.6. The molecule has 138 valence electrons. The second-order valence-corrected chi connectivity index (χ2v) is 7.52. The highest BCUT2D eigenvalue weighted by atomic mass is 35.5. The highest BCUT2D eigenvalue weighted by Crippen LogP contribution is 2.31. The SMILES string of the molecule is Clc1ccc(C(c2ccc(-c3ccccc3)cc2)N2CCCNCC2)cc1. The Kier molecular flexibility index (Phi) is 5.88. The van der Waals surface area contributed by atoms with Gasteiger partial charge in [-0.25, -0.2) is 0 Å². The van der Waals surface area contributed by atoms with Crippen LogP contribution in [0.4, 0.5) is 0 Å². The minimum atomic E-state index is 0.256. The van der Waals surface area contributed by atoms with E-state index in [1.807, 2.05) is 12.1 Å². The van der Waals surface area contributed by atoms with E-state index in [4.69, 9.17) is 11.6 Å². The summed E-state index contributed by atoms with van der Waals surface area (Å²) in [4.78, 5) is 2.58. The van der Waals surface area contributed by atoms with Crippen LogP contribution in [-0.4, -0.2) is 31.1 Å². The summed E-state index contributed by atoms with van der Waals surface area (Å²) in [6, 6.07) is 28.2. The Balaban J connectivity index is 1.68. The lowest BCUT2D eigenvalue weighted by atomic mass is 9.94. The molecule has 3 aromatic carbocycles. The predicted molar refractivity (Wildman–Crippen MR) is 114 cm³/mol. The summed E-state index contributed by atoms with van der Waals surface area (Å²) in [6.45, 7) is 4.28. The maximum atomic E-state index is 6.14. The number of halogens is 1.